The molecule has 0 aliphatic carbocycles. The molecule has 0 unspecified atom stereocenters. The highest BCUT2D eigenvalue weighted by atomic mass is 16.7. The van der Waals surface area contributed by atoms with Crippen molar-refractivity contribution in [2.24, 2.45) is 0 Å². The molecule has 2 atom stereocenters. The van der Waals surface area contributed by atoms with Gasteiger partial charge in [0, 0.05) is 0 Å². The Kier molecular flexibility index (Phi) is 3.89. The maximum absolute atomic E-state index is 11.9. The van der Waals surface area contributed by atoms with Crippen LogP contribution in [0.2, 0.25) is 0 Å². The topological polar surface area (TPSA) is 44.8 Å². The van der Waals surface area contributed by atoms with Crippen molar-refractivity contribution in [3.05, 3.63) is 35.9 Å². The molecule has 0 spiro atoms. The third-order valence-electron chi connectivity index (χ3n) is 2.78. The Hall–Kier alpha value is -1.83. The highest BCUT2D eigenvalue weighted by Crippen LogP contribution is 2.24. The number of carbonyl (C=O) groups is 1. The summed E-state index contributed by atoms with van der Waals surface area (Å²) in [6, 6.07) is 8.73. The van der Waals surface area contributed by atoms with Crippen molar-refractivity contribution in [1.82, 2.24) is 0 Å². The molecule has 1 saturated heterocycles. The fraction of sp³-hybridized carbons (Fsp3) is 0.400. The molecule has 0 radical (unpaired) electrons. The van der Waals surface area contributed by atoms with Crippen LogP contribution in [0.5, 0.6) is 0 Å². The van der Waals surface area contributed by atoms with Crippen molar-refractivity contribution in [3.8, 4) is 12.3 Å². The second kappa shape index (κ2) is 5.43. The monoisotopic (exact) mass is 260 g/mol. The van der Waals surface area contributed by atoms with E-state index in [1.807, 2.05) is 6.07 Å². The van der Waals surface area contributed by atoms with Crippen LogP contribution in [0, 0.1) is 12.3 Å². The van der Waals surface area contributed by atoms with Gasteiger partial charge in [0.2, 0.25) is 0 Å². The molecule has 1 aliphatic rings. The predicted molar refractivity (Wildman–Crippen MR) is 69.4 cm³/mol. The highest BCUT2D eigenvalue weighted by molar-refractivity contribution is 5.89. The van der Waals surface area contributed by atoms with Gasteiger partial charge in [-0.1, -0.05) is 24.1 Å². The van der Waals surface area contributed by atoms with E-state index in [-0.39, 0.29) is 6.61 Å². The highest BCUT2D eigenvalue weighted by Gasteiger charge is 2.37. The molecule has 0 N–H and O–H groups in total. The standard InChI is InChI=1S/C15H16O4/c1-4-12-13(10-17-15(2,3)19-12)18-14(16)11-8-6-5-7-9-11/h1,5-9,12-13H,10H2,2-3H3/t12-,13-/m1/s1. The summed E-state index contributed by atoms with van der Waals surface area (Å²) in [5.74, 6) is 1.30. The van der Waals surface area contributed by atoms with E-state index in [0.29, 0.717) is 5.56 Å². The lowest BCUT2D eigenvalue weighted by Crippen LogP contribution is -2.49. The Bertz CT molecular complexity index is 487. The van der Waals surface area contributed by atoms with Crippen LogP contribution in [0.4, 0.5) is 0 Å². The summed E-state index contributed by atoms with van der Waals surface area (Å²) < 4.78 is 16.3. The van der Waals surface area contributed by atoms with E-state index in [4.69, 9.17) is 20.6 Å². The van der Waals surface area contributed by atoms with Crippen LogP contribution in [-0.2, 0) is 14.2 Å². The second-order valence-electron chi connectivity index (χ2n) is 4.73. The van der Waals surface area contributed by atoms with Gasteiger partial charge in [0.05, 0.1) is 12.2 Å². The Labute approximate surface area is 112 Å². The summed E-state index contributed by atoms with van der Waals surface area (Å²) in [7, 11) is 0. The number of benzene rings is 1. The van der Waals surface area contributed by atoms with Crippen molar-refractivity contribution in [2.45, 2.75) is 31.8 Å². The molecule has 0 saturated carbocycles. The van der Waals surface area contributed by atoms with Gasteiger partial charge >= 0.3 is 5.97 Å². The van der Waals surface area contributed by atoms with Gasteiger partial charge in [-0.2, -0.15) is 0 Å². The molecule has 2 rings (SSSR count). The zero-order chi connectivity index (χ0) is 13.9. The molecule has 0 aromatic heterocycles. The second-order valence-corrected chi connectivity index (χ2v) is 4.73. The van der Waals surface area contributed by atoms with E-state index in [9.17, 15) is 4.79 Å². The molecule has 100 valence electrons. The van der Waals surface area contributed by atoms with Crippen LogP contribution in [0.3, 0.4) is 0 Å². The number of rotatable bonds is 2. The van der Waals surface area contributed by atoms with E-state index in [1.165, 1.54) is 0 Å². The summed E-state index contributed by atoms with van der Waals surface area (Å²) in [4.78, 5) is 11.9. The Morgan fingerprint density at radius 3 is 2.74 bits per heavy atom. The molecule has 0 bridgehead atoms. The zero-order valence-corrected chi connectivity index (χ0v) is 11.0. The van der Waals surface area contributed by atoms with Crippen LogP contribution < -0.4 is 0 Å². The molecular weight excluding hydrogens is 244 g/mol. The van der Waals surface area contributed by atoms with Crippen LogP contribution in [0.1, 0.15) is 24.2 Å². The zero-order valence-electron chi connectivity index (χ0n) is 11.0. The third-order valence-corrected chi connectivity index (χ3v) is 2.78. The fourth-order valence-electron chi connectivity index (χ4n) is 1.80. The van der Waals surface area contributed by atoms with E-state index >= 15 is 0 Å². The van der Waals surface area contributed by atoms with Gasteiger partial charge in [0.1, 0.15) is 0 Å². The van der Waals surface area contributed by atoms with Crippen LogP contribution in [0.15, 0.2) is 30.3 Å². The number of hydrogen-bond acceptors (Lipinski definition) is 4. The van der Waals surface area contributed by atoms with Gasteiger partial charge in [-0.3, -0.25) is 0 Å². The van der Waals surface area contributed by atoms with Crippen LogP contribution >= 0.6 is 0 Å². The largest absolute Gasteiger partial charge is 0.452 e. The number of ether oxygens (including phenoxy) is 3. The fourth-order valence-corrected chi connectivity index (χ4v) is 1.80. The first-order valence-electron chi connectivity index (χ1n) is 6.06. The molecule has 1 aliphatic heterocycles. The van der Waals surface area contributed by atoms with Crippen molar-refractivity contribution in [3.63, 3.8) is 0 Å². The summed E-state index contributed by atoms with van der Waals surface area (Å²) in [6.07, 6.45) is 4.21. The molecule has 19 heavy (non-hydrogen) atoms. The maximum Gasteiger partial charge on any atom is 0.338 e. The number of terminal acetylenes is 1. The number of esters is 1. The number of hydrogen-bond donors (Lipinski definition) is 0. The minimum Gasteiger partial charge on any atom is -0.452 e. The van der Waals surface area contributed by atoms with Gasteiger partial charge < -0.3 is 14.2 Å². The van der Waals surface area contributed by atoms with Crippen molar-refractivity contribution >= 4 is 5.97 Å². The Morgan fingerprint density at radius 1 is 1.42 bits per heavy atom. The van der Waals surface area contributed by atoms with Gasteiger partial charge in [0.25, 0.3) is 0 Å². The lowest BCUT2D eigenvalue weighted by atomic mass is 10.1. The number of carbonyl (C=O) groups excluding carboxylic acids is 1. The average Bonchev–Trinajstić information content (AvgIpc) is 2.41. The average molecular weight is 260 g/mol. The van der Waals surface area contributed by atoms with E-state index in [1.54, 1.807) is 38.1 Å². The summed E-state index contributed by atoms with van der Waals surface area (Å²) in [6.45, 7) is 3.76. The van der Waals surface area contributed by atoms with Gasteiger partial charge in [-0.25, -0.2) is 4.79 Å². The minimum absolute atomic E-state index is 0.223. The SMILES string of the molecule is C#C[C@H]1OC(C)(C)OC[C@H]1OC(=O)c1ccccc1. The van der Waals surface area contributed by atoms with Gasteiger partial charge in [-0.15, -0.1) is 6.42 Å². The maximum atomic E-state index is 11.9. The smallest absolute Gasteiger partial charge is 0.338 e. The molecular formula is C15H16O4. The van der Waals surface area contributed by atoms with E-state index in [2.05, 4.69) is 5.92 Å². The lowest BCUT2D eigenvalue weighted by molar-refractivity contribution is -0.290. The van der Waals surface area contributed by atoms with E-state index < -0.39 is 24.0 Å². The molecule has 4 heteroatoms. The summed E-state index contributed by atoms with van der Waals surface area (Å²) in [5, 5.41) is 0. The summed E-state index contributed by atoms with van der Waals surface area (Å²) in [5.41, 5.74) is 0.475. The van der Waals surface area contributed by atoms with Crippen LogP contribution in [0.25, 0.3) is 0 Å². The first-order valence-corrected chi connectivity index (χ1v) is 6.06. The molecule has 4 nitrogen and oxygen atoms in total. The quantitative estimate of drug-likeness (QED) is 0.602. The molecule has 1 aromatic carbocycles. The normalized spacial score (nSPS) is 25.3. The molecule has 1 fully saturated rings. The first-order chi connectivity index (χ1) is 9.02. The minimum atomic E-state index is -0.757. The first kappa shape index (κ1) is 13.6. The van der Waals surface area contributed by atoms with Crippen molar-refractivity contribution in [2.75, 3.05) is 6.61 Å². The van der Waals surface area contributed by atoms with Crippen LogP contribution in [-0.4, -0.2) is 30.6 Å². The Morgan fingerprint density at radius 2 is 2.11 bits per heavy atom. The Balaban J connectivity index is 2.03. The molecule has 1 aromatic rings. The summed E-state index contributed by atoms with van der Waals surface area (Å²) >= 11 is 0. The third kappa shape index (κ3) is 3.34. The predicted octanol–water partition coefficient (Wildman–Crippen LogP) is 2.00. The van der Waals surface area contributed by atoms with Crippen molar-refractivity contribution in [1.29, 1.82) is 0 Å². The molecule has 0 amide bonds. The van der Waals surface area contributed by atoms with Crippen molar-refractivity contribution < 1.29 is 19.0 Å². The van der Waals surface area contributed by atoms with E-state index in [0.717, 1.165) is 0 Å². The van der Waals surface area contributed by atoms with Gasteiger partial charge in [-0.05, 0) is 26.0 Å². The lowest BCUT2D eigenvalue weighted by Gasteiger charge is -2.38. The molecule has 1 heterocycles. The van der Waals surface area contributed by atoms with Gasteiger partial charge in [0.15, 0.2) is 18.0 Å².